The van der Waals surface area contributed by atoms with E-state index in [4.69, 9.17) is 4.74 Å². The van der Waals surface area contributed by atoms with Crippen LogP contribution in [0.4, 0.5) is 5.69 Å². The fourth-order valence-corrected chi connectivity index (χ4v) is 2.18. The number of ether oxygens (including phenoxy) is 1. The second-order valence-corrected chi connectivity index (χ2v) is 5.25. The third-order valence-corrected chi connectivity index (χ3v) is 3.41. The first-order chi connectivity index (χ1) is 12.7. The van der Waals surface area contributed by atoms with Crippen LogP contribution in [0.5, 0.6) is 5.75 Å². The number of anilines is 1. The van der Waals surface area contributed by atoms with Gasteiger partial charge in [-0.1, -0.05) is 24.3 Å². The Bertz CT molecular complexity index is 865. The highest BCUT2D eigenvalue weighted by atomic mass is 16.5. The van der Waals surface area contributed by atoms with Gasteiger partial charge in [0.25, 0.3) is 11.8 Å². The number of nitrogens with zero attached hydrogens (tertiary/aromatic N) is 2. The molecule has 0 radical (unpaired) electrons. The van der Waals surface area contributed by atoms with Crippen LogP contribution < -0.4 is 15.4 Å². The van der Waals surface area contributed by atoms with Crippen molar-refractivity contribution < 1.29 is 14.3 Å². The molecule has 2 aromatic heterocycles. The zero-order valence-corrected chi connectivity index (χ0v) is 13.8. The summed E-state index contributed by atoms with van der Waals surface area (Å²) in [6.07, 6.45) is 2.89. The fraction of sp³-hybridized carbons (Fsp3) is 0.111. The van der Waals surface area contributed by atoms with Crippen LogP contribution in [-0.2, 0) is 0 Å². The lowest BCUT2D eigenvalue weighted by Gasteiger charge is -2.08. The van der Waals surface area contributed by atoms with E-state index in [1.807, 2.05) is 30.3 Å². The maximum Gasteiger partial charge on any atom is 0.274 e. The van der Waals surface area contributed by atoms with Crippen LogP contribution in [0, 0.1) is 0 Å². The Morgan fingerprint density at radius 2 is 1.85 bits per heavy atom. The first kappa shape index (κ1) is 17.2. The number of carbonyl (C=O) groups excluding carboxylic acids is 2. The van der Waals surface area contributed by atoms with Gasteiger partial charge in [-0.3, -0.25) is 19.7 Å². The van der Waals surface area contributed by atoms with Gasteiger partial charge < -0.3 is 15.4 Å². The number of aromatic nitrogens is 3. The van der Waals surface area contributed by atoms with E-state index in [-0.39, 0.29) is 17.1 Å². The van der Waals surface area contributed by atoms with E-state index in [1.165, 1.54) is 12.4 Å². The molecule has 0 aliphatic heterocycles. The molecule has 26 heavy (non-hydrogen) atoms. The Morgan fingerprint density at radius 1 is 1.04 bits per heavy atom. The van der Waals surface area contributed by atoms with Gasteiger partial charge in [-0.05, 0) is 24.3 Å². The van der Waals surface area contributed by atoms with Crippen molar-refractivity contribution in [1.82, 2.24) is 20.5 Å². The Kier molecular flexibility index (Phi) is 5.56. The zero-order valence-electron chi connectivity index (χ0n) is 13.8. The molecule has 8 nitrogen and oxygen atoms in total. The third-order valence-electron chi connectivity index (χ3n) is 3.41. The molecule has 0 aliphatic carbocycles. The molecule has 0 aliphatic rings. The van der Waals surface area contributed by atoms with Gasteiger partial charge in [-0.2, -0.15) is 5.10 Å². The Hall–Kier alpha value is -3.68. The highest BCUT2D eigenvalue weighted by molar-refractivity contribution is 6.07. The summed E-state index contributed by atoms with van der Waals surface area (Å²) in [5, 5.41) is 11.7. The molecule has 0 saturated heterocycles. The normalized spacial score (nSPS) is 10.2. The molecule has 0 unspecified atom stereocenters. The molecule has 0 bridgehead atoms. The first-order valence-electron chi connectivity index (χ1n) is 7.96. The number of benzene rings is 1. The number of nitrogens with one attached hydrogen (secondary N) is 3. The van der Waals surface area contributed by atoms with Crippen LogP contribution in [-0.4, -0.2) is 40.1 Å². The van der Waals surface area contributed by atoms with E-state index in [1.54, 1.807) is 18.2 Å². The molecule has 1 aromatic carbocycles. The molecule has 0 spiro atoms. The van der Waals surface area contributed by atoms with Crippen molar-refractivity contribution in [3.8, 4) is 5.75 Å². The average Bonchev–Trinajstić information content (AvgIpc) is 3.15. The largest absolute Gasteiger partial charge is 0.492 e. The second-order valence-electron chi connectivity index (χ2n) is 5.25. The summed E-state index contributed by atoms with van der Waals surface area (Å²) in [6.45, 7) is 0.625. The lowest BCUT2D eigenvalue weighted by Crippen LogP contribution is -2.29. The van der Waals surface area contributed by atoms with E-state index in [2.05, 4.69) is 25.8 Å². The number of hydrogen-bond acceptors (Lipinski definition) is 5. The van der Waals surface area contributed by atoms with Crippen LogP contribution in [0.15, 0.2) is 60.9 Å². The van der Waals surface area contributed by atoms with Gasteiger partial charge in [-0.15, -0.1) is 0 Å². The topological polar surface area (TPSA) is 109 Å². The van der Waals surface area contributed by atoms with Gasteiger partial charge >= 0.3 is 0 Å². The van der Waals surface area contributed by atoms with Crippen LogP contribution in [0.3, 0.4) is 0 Å². The molecule has 0 saturated carbocycles. The van der Waals surface area contributed by atoms with E-state index >= 15 is 0 Å². The van der Waals surface area contributed by atoms with Crippen molar-refractivity contribution in [2.24, 2.45) is 0 Å². The van der Waals surface area contributed by atoms with Gasteiger partial charge in [-0.25, -0.2) is 0 Å². The van der Waals surface area contributed by atoms with Crippen molar-refractivity contribution in [2.45, 2.75) is 0 Å². The Balaban J connectivity index is 1.52. The number of aromatic amines is 1. The molecule has 132 valence electrons. The molecular formula is C18H17N5O3. The summed E-state index contributed by atoms with van der Waals surface area (Å²) in [6, 6.07) is 14.3. The number of rotatable bonds is 7. The summed E-state index contributed by atoms with van der Waals surface area (Å²) >= 11 is 0. The van der Waals surface area contributed by atoms with E-state index < -0.39 is 11.8 Å². The predicted octanol–water partition coefficient (Wildman–Crippen LogP) is 1.87. The first-order valence-corrected chi connectivity index (χ1v) is 7.96. The smallest absolute Gasteiger partial charge is 0.274 e. The molecule has 3 aromatic rings. The van der Waals surface area contributed by atoms with Gasteiger partial charge in [0.2, 0.25) is 0 Å². The number of para-hydroxylation sites is 1. The summed E-state index contributed by atoms with van der Waals surface area (Å²) in [4.78, 5) is 28.4. The number of H-pyrrole nitrogens is 1. The molecule has 2 heterocycles. The average molecular weight is 351 g/mol. The van der Waals surface area contributed by atoms with Gasteiger partial charge in [0.1, 0.15) is 23.7 Å². The summed E-state index contributed by atoms with van der Waals surface area (Å²) in [5.74, 6) is -0.0875. The van der Waals surface area contributed by atoms with Crippen molar-refractivity contribution in [3.05, 3.63) is 72.3 Å². The van der Waals surface area contributed by atoms with Crippen molar-refractivity contribution >= 4 is 17.5 Å². The molecule has 0 atom stereocenters. The summed E-state index contributed by atoms with van der Waals surface area (Å²) in [5.41, 5.74) is 0.687. The Morgan fingerprint density at radius 3 is 2.62 bits per heavy atom. The van der Waals surface area contributed by atoms with E-state index in [0.29, 0.717) is 13.2 Å². The summed E-state index contributed by atoms with van der Waals surface area (Å²) in [7, 11) is 0. The predicted molar refractivity (Wildman–Crippen MR) is 95.0 cm³/mol. The highest BCUT2D eigenvalue weighted by Gasteiger charge is 2.16. The number of hydrogen-bond donors (Lipinski definition) is 3. The second kappa shape index (κ2) is 8.43. The van der Waals surface area contributed by atoms with Gasteiger partial charge in [0, 0.05) is 6.20 Å². The molecule has 3 rings (SSSR count). The molecule has 8 heteroatoms. The number of carbonyl (C=O) groups is 2. The molecular weight excluding hydrogens is 334 g/mol. The minimum absolute atomic E-state index is 0.161. The standard InChI is InChI=1S/C18H17N5O3/c24-17(14-8-4-5-9-19-14)22-15-12-21-23-16(15)18(25)20-10-11-26-13-6-2-1-3-7-13/h1-9,12H,10-11H2,(H,20,25)(H,21,23)(H,22,24). The Labute approximate surface area is 149 Å². The SMILES string of the molecule is O=C(Nc1cn[nH]c1C(=O)NCCOc1ccccc1)c1ccccn1. The van der Waals surface area contributed by atoms with Crippen LogP contribution >= 0.6 is 0 Å². The minimum atomic E-state index is -0.423. The summed E-state index contributed by atoms with van der Waals surface area (Å²) < 4.78 is 5.51. The highest BCUT2D eigenvalue weighted by Crippen LogP contribution is 2.13. The van der Waals surface area contributed by atoms with Crippen LogP contribution in [0.1, 0.15) is 21.0 Å². The zero-order chi connectivity index (χ0) is 18.2. The molecule has 3 N–H and O–H groups in total. The maximum atomic E-state index is 12.3. The quantitative estimate of drug-likeness (QED) is 0.563. The molecule has 0 fully saturated rings. The lowest BCUT2D eigenvalue weighted by atomic mass is 10.3. The van der Waals surface area contributed by atoms with Crippen molar-refractivity contribution in [2.75, 3.05) is 18.5 Å². The van der Waals surface area contributed by atoms with Crippen LogP contribution in [0.25, 0.3) is 0 Å². The number of amides is 2. The number of pyridine rings is 1. The minimum Gasteiger partial charge on any atom is -0.492 e. The van der Waals surface area contributed by atoms with Crippen LogP contribution in [0.2, 0.25) is 0 Å². The van der Waals surface area contributed by atoms with Gasteiger partial charge in [0.15, 0.2) is 0 Å². The van der Waals surface area contributed by atoms with Gasteiger partial charge in [0.05, 0.1) is 18.4 Å². The fourth-order valence-electron chi connectivity index (χ4n) is 2.18. The van der Waals surface area contributed by atoms with E-state index in [9.17, 15) is 9.59 Å². The monoisotopic (exact) mass is 351 g/mol. The van der Waals surface area contributed by atoms with E-state index in [0.717, 1.165) is 5.75 Å². The lowest BCUT2D eigenvalue weighted by molar-refractivity contribution is 0.0943. The van der Waals surface area contributed by atoms with Crippen molar-refractivity contribution in [3.63, 3.8) is 0 Å². The third kappa shape index (κ3) is 4.44. The molecule has 2 amide bonds. The maximum absolute atomic E-state index is 12.3. The van der Waals surface area contributed by atoms with Crippen molar-refractivity contribution in [1.29, 1.82) is 0 Å².